The second-order valence-electron chi connectivity index (χ2n) is 6.84. The quantitative estimate of drug-likeness (QED) is 0.767. The summed E-state index contributed by atoms with van der Waals surface area (Å²) in [6.45, 7) is 4.97. The summed E-state index contributed by atoms with van der Waals surface area (Å²) < 4.78 is 0. The van der Waals surface area contributed by atoms with Crippen LogP contribution in [0.15, 0.2) is 63.7 Å². The van der Waals surface area contributed by atoms with Crippen molar-refractivity contribution in [3.63, 3.8) is 0 Å². The maximum absolute atomic E-state index is 13.3. The number of carbonyl (C=O) groups is 1. The lowest BCUT2D eigenvalue weighted by molar-refractivity contribution is 0.0888. The number of thioether (sulfide) groups is 1. The third-order valence-electron chi connectivity index (χ3n) is 5.04. The maximum atomic E-state index is 13.3. The molecule has 0 saturated carbocycles. The lowest BCUT2D eigenvalue weighted by atomic mass is 9.76. The van der Waals surface area contributed by atoms with Crippen LogP contribution in [0.2, 0.25) is 0 Å². The fraction of sp³-hybridized carbons (Fsp3) is 0.350. The Bertz CT molecular complexity index is 830. The highest BCUT2D eigenvalue weighted by molar-refractivity contribution is 7.99. The Labute approximate surface area is 146 Å². The van der Waals surface area contributed by atoms with Gasteiger partial charge in [-0.15, -0.1) is 11.8 Å². The molecule has 2 aromatic rings. The van der Waals surface area contributed by atoms with Crippen LogP contribution in [0.4, 0.5) is 0 Å². The molecule has 0 N–H and O–H groups in total. The van der Waals surface area contributed by atoms with Gasteiger partial charge in [-0.25, -0.2) is 0 Å². The zero-order chi connectivity index (χ0) is 16.7. The topological polar surface area (TPSA) is 41.8 Å². The number of azo groups is 1. The summed E-state index contributed by atoms with van der Waals surface area (Å²) in [5.74, 6) is 1.29. The van der Waals surface area contributed by atoms with E-state index in [1.807, 2.05) is 24.3 Å². The molecule has 2 aliphatic heterocycles. The van der Waals surface area contributed by atoms with E-state index in [2.05, 4.69) is 48.3 Å². The van der Waals surface area contributed by atoms with Crippen LogP contribution in [0.25, 0.3) is 0 Å². The Hall–Kier alpha value is -1.94. The summed E-state index contributed by atoms with van der Waals surface area (Å²) in [7, 11) is 0. The average Bonchev–Trinajstić information content (AvgIpc) is 3.03. The third kappa shape index (κ3) is 2.32. The fourth-order valence-corrected chi connectivity index (χ4v) is 4.84. The summed E-state index contributed by atoms with van der Waals surface area (Å²) in [5, 5.41) is 8.80. The average molecular weight is 336 g/mol. The molecule has 2 atom stereocenters. The van der Waals surface area contributed by atoms with E-state index in [1.165, 1.54) is 11.1 Å². The maximum Gasteiger partial charge on any atom is 0.194 e. The molecule has 0 aromatic heterocycles. The molecule has 0 radical (unpaired) electrons. The zero-order valence-corrected chi connectivity index (χ0v) is 14.7. The van der Waals surface area contributed by atoms with Crippen LogP contribution >= 0.6 is 11.8 Å². The second-order valence-corrected chi connectivity index (χ2v) is 7.86. The monoisotopic (exact) mass is 336 g/mol. The van der Waals surface area contributed by atoms with Gasteiger partial charge in [-0.05, 0) is 23.1 Å². The van der Waals surface area contributed by atoms with E-state index in [9.17, 15) is 4.79 Å². The Kier molecular flexibility index (Phi) is 3.80. The van der Waals surface area contributed by atoms with Gasteiger partial charge in [0.25, 0.3) is 0 Å². The number of hydrogen-bond acceptors (Lipinski definition) is 4. The fourth-order valence-electron chi connectivity index (χ4n) is 3.59. The van der Waals surface area contributed by atoms with Crippen molar-refractivity contribution in [2.45, 2.75) is 36.1 Å². The lowest BCUT2D eigenvalue weighted by Gasteiger charge is -2.34. The number of nitrogens with zero attached hydrogens (tertiary/aromatic N) is 2. The van der Waals surface area contributed by atoms with E-state index in [0.717, 1.165) is 10.5 Å². The van der Waals surface area contributed by atoms with Crippen molar-refractivity contribution >= 4 is 17.5 Å². The van der Waals surface area contributed by atoms with Crippen molar-refractivity contribution in [2.24, 2.45) is 10.2 Å². The number of rotatable bonds is 2. The first-order valence-electron chi connectivity index (χ1n) is 8.37. The van der Waals surface area contributed by atoms with Gasteiger partial charge < -0.3 is 0 Å². The first kappa shape index (κ1) is 15.6. The van der Waals surface area contributed by atoms with Crippen LogP contribution in [0.1, 0.15) is 47.2 Å². The minimum absolute atomic E-state index is 0.0320. The van der Waals surface area contributed by atoms with E-state index < -0.39 is 5.54 Å². The van der Waals surface area contributed by atoms with E-state index in [-0.39, 0.29) is 11.7 Å². The highest BCUT2D eigenvalue weighted by atomic mass is 32.2. The molecule has 0 amide bonds. The smallest absolute Gasteiger partial charge is 0.194 e. The standard InChI is InChI=1S/C20H20N2OS/c1-13(2)14-6-5-7-15(10-14)17-11-21-22-20(17)12-24-18-9-4-3-8-16(18)19(20)23/h3-10,13,17H,11-12H2,1-2H3. The van der Waals surface area contributed by atoms with E-state index in [0.29, 0.717) is 18.2 Å². The molecule has 0 saturated heterocycles. The van der Waals surface area contributed by atoms with Crippen molar-refractivity contribution in [2.75, 3.05) is 12.3 Å². The molecule has 3 nitrogen and oxygen atoms in total. The molecule has 4 rings (SSSR count). The number of Topliss-reactive ketones (excluding diaryl/α,β-unsaturated/α-hetero) is 1. The summed E-state index contributed by atoms with van der Waals surface area (Å²) >= 11 is 1.72. The minimum Gasteiger partial charge on any atom is -0.291 e. The van der Waals surface area contributed by atoms with Crippen molar-refractivity contribution in [3.05, 3.63) is 65.2 Å². The Balaban J connectivity index is 1.77. The number of carbonyl (C=O) groups excluding carboxylic acids is 1. The van der Waals surface area contributed by atoms with Crippen LogP contribution in [0.3, 0.4) is 0 Å². The molecular formula is C20H20N2OS. The molecule has 122 valence electrons. The largest absolute Gasteiger partial charge is 0.291 e. The lowest BCUT2D eigenvalue weighted by Crippen LogP contribution is -2.46. The Morgan fingerprint density at radius 3 is 2.83 bits per heavy atom. The molecule has 4 heteroatoms. The van der Waals surface area contributed by atoms with Crippen molar-refractivity contribution in [1.29, 1.82) is 0 Å². The minimum atomic E-state index is -0.741. The molecule has 2 unspecified atom stereocenters. The van der Waals surface area contributed by atoms with Crippen molar-refractivity contribution in [1.82, 2.24) is 0 Å². The molecule has 2 aromatic carbocycles. The molecule has 2 aliphatic rings. The Morgan fingerprint density at radius 2 is 2.00 bits per heavy atom. The third-order valence-corrected chi connectivity index (χ3v) is 6.29. The van der Waals surface area contributed by atoms with E-state index in [1.54, 1.807) is 11.8 Å². The predicted octanol–water partition coefficient (Wildman–Crippen LogP) is 5.09. The molecular weight excluding hydrogens is 316 g/mol. The van der Waals surface area contributed by atoms with Gasteiger partial charge >= 0.3 is 0 Å². The molecule has 0 fully saturated rings. The molecule has 1 spiro atoms. The second kappa shape index (κ2) is 5.85. The van der Waals surface area contributed by atoms with Crippen LogP contribution in [-0.4, -0.2) is 23.6 Å². The van der Waals surface area contributed by atoms with Crippen molar-refractivity contribution < 1.29 is 4.79 Å². The number of ketones is 1. The summed E-state index contributed by atoms with van der Waals surface area (Å²) in [4.78, 5) is 14.3. The van der Waals surface area contributed by atoms with Gasteiger partial charge in [-0.2, -0.15) is 10.2 Å². The first-order valence-corrected chi connectivity index (χ1v) is 9.35. The number of hydrogen-bond donors (Lipinski definition) is 0. The summed E-state index contributed by atoms with van der Waals surface area (Å²) in [6.07, 6.45) is 0. The van der Waals surface area contributed by atoms with Gasteiger partial charge in [-0.3, -0.25) is 4.79 Å². The number of fused-ring (bicyclic) bond motifs is 1. The van der Waals surface area contributed by atoms with E-state index >= 15 is 0 Å². The predicted molar refractivity (Wildman–Crippen MR) is 97.2 cm³/mol. The Morgan fingerprint density at radius 1 is 1.17 bits per heavy atom. The van der Waals surface area contributed by atoms with Gasteiger partial charge in [0.15, 0.2) is 11.3 Å². The molecule has 24 heavy (non-hydrogen) atoms. The molecule has 0 aliphatic carbocycles. The summed E-state index contributed by atoms with van der Waals surface area (Å²) in [6, 6.07) is 16.4. The van der Waals surface area contributed by atoms with Gasteiger partial charge in [0, 0.05) is 22.1 Å². The zero-order valence-electron chi connectivity index (χ0n) is 13.9. The van der Waals surface area contributed by atoms with Crippen LogP contribution in [-0.2, 0) is 0 Å². The van der Waals surface area contributed by atoms with Gasteiger partial charge in [0.05, 0.1) is 6.54 Å². The van der Waals surface area contributed by atoms with Gasteiger partial charge in [0.2, 0.25) is 0 Å². The number of benzene rings is 2. The first-order chi connectivity index (χ1) is 11.6. The van der Waals surface area contributed by atoms with Gasteiger partial charge in [0.1, 0.15) is 0 Å². The van der Waals surface area contributed by atoms with E-state index in [4.69, 9.17) is 0 Å². The molecule has 0 bridgehead atoms. The molecule has 2 heterocycles. The SMILES string of the molecule is CC(C)c1cccc(C2CN=NC23CSc2ccccc2C3=O)c1. The highest BCUT2D eigenvalue weighted by Crippen LogP contribution is 2.47. The van der Waals surface area contributed by atoms with Crippen molar-refractivity contribution in [3.8, 4) is 0 Å². The highest BCUT2D eigenvalue weighted by Gasteiger charge is 2.52. The summed E-state index contributed by atoms with van der Waals surface area (Å²) in [5.41, 5.74) is 2.53. The normalized spacial score (nSPS) is 25.5. The van der Waals surface area contributed by atoms with Gasteiger partial charge in [-0.1, -0.05) is 56.3 Å². The van der Waals surface area contributed by atoms with Crippen LogP contribution in [0.5, 0.6) is 0 Å². The van der Waals surface area contributed by atoms with Crippen LogP contribution < -0.4 is 0 Å². The van der Waals surface area contributed by atoms with Crippen LogP contribution in [0, 0.1) is 0 Å².